The summed E-state index contributed by atoms with van der Waals surface area (Å²) in [5.74, 6) is -0.756. The van der Waals surface area contributed by atoms with Crippen LogP contribution in [0, 0.1) is 0 Å². The molecule has 4 heterocycles. The zero-order chi connectivity index (χ0) is 24.2. The highest BCUT2D eigenvalue weighted by Crippen LogP contribution is 2.36. The summed E-state index contributed by atoms with van der Waals surface area (Å²) in [5, 5.41) is 9.76. The first-order chi connectivity index (χ1) is 16.3. The van der Waals surface area contributed by atoms with Gasteiger partial charge in [-0.3, -0.25) is 19.4 Å². The van der Waals surface area contributed by atoms with E-state index in [2.05, 4.69) is 0 Å². The van der Waals surface area contributed by atoms with E-state index >= 15 is 0 Å². The van der Waals surface area contributed by atoms with Crippen molar-refractivity contribution in [3.63, 3.8) is 0 Å². The molecule has 4 rings (SSSR count). The van der Waals surface area contributed by atoms with Gasteiger partial charge in [0.15, 0.2) is 0 Å². The quantitative estimate of drug-likeness (QED) is 0.279. The van der Waals surface area contributed by atoms with Crippen molar-refractivity contribution < 1.29 is 28.3 Å². The van der Waals surface area contributed by atoms with Crippen molar-refractivity contribution >= 4 is 86.5 Å². The van der Waals surface area contributed by atoms with Crippen LogP contribution in [0.25, 0.3) is 12.2 Å². The van der Waals surface area contributed by atoms with Crippen LogP contribution in [0.1, 0.15) is 30.8 Å². The third-order valence-corrected chi connectivity index (χ3v) is 7.74. The second kappa shape index (κ2) is 10.7. The molecule has 1 atom stereocenters. The lowest BCUT2D eigenvalue weighted by atomic mass is 10.1. The highest BCUT2D eigenvalue weighted by molar-refractivity contribution is 8.27. The average Bonchev–Trinajstić information content (AvgIpc) is 3.58. The molecule has 12 heteroatoms. The maximum Gasteiger partial charge on any atom is 0.326 e. The van der Waals surface area contributed by atoms with Gasteiger partial charge in [-0.15, -0.1) is 0 Å². The van der Waals surface area contributed by atoms with Crippen molar-refractivity contribution in [1.82, 2.24) is 9.80 Å². The number of nitrogens with zero attached hydrogens (tertiary/aromatic N) is 2. The SMILES string of the molecule is O=C(O)[C@H](CCCCN1C(=O)/C(=C\c2ccco2)SC1=S)N1C(=O)/C(=C/c2ccco2)SC1=S. The number of hydrogen-bond acceptors (Lipinski definition) is 9. The van der Waals surface area contributed by atoms with E-state index in [0.29, 0.717) is 45.0 Å². The van der Waals surface area contributed by atoms with Crippen molar-refractivity contribution in [1.29, 1.82) is 0 Å². The largest absolute Gasteiger partial charge is 0.480 e. The standard InChI is InChI=1S/C22H18N2O6S4/c25-18-16(11-13-5-3-9-29-13)33-21(31)23(18)8-2-1-7-15(20(27)28)24-19(26)17(34-22(24)32)12-14-6-4-10-30-14/h3-6,9-12,15H,1-2,7-8H2,(H,27,28)/b16-11+,17-12-/t15-/m0/s1. The van der Waals surface area contributed by atoms with Crippen LogP contribution in [0.4, 0.5) is 0 Å². The van der Waals surface area contributed by atoms with Gasteiger partial charge in [0.2, 0.25) is 0 Å². The molecule has 2 aromatic rings. The average molecular weight is 535 g/mol. The summed E-state index contributed by atoms with van der Waals surface area (Å²) < 4.78 is 11.1. The molecular weight excluding hydrogens is 517 g/mol. The highest BCUT2D eigenvalue weighted by atomic mass is 32.2. The fourth-order valence-corrected chi connectivity index (χ4v) is 6.04. The minimum atomic E-state index is -1.14. The van der Waals surface area contributed by atoms with Crippen molar-refractivity contribution in [2.75, 3.05) is 6.54 Å². The summed E-state index contributed by atoms with van der Waals surface area (Å²) in [6.07, 6.45) is 7.36. The van der Waals surface area contributed by atoms with E-state index in [-0.39, 0.29) is 16.6 Å². The fraction of sp³-hybridized carbons (Fsp3) is 0.227. The van der Waals surface area contributed by atoms with Crippen LogP contribution in [0.3, 0.4) is 0 Å². The molecule has 176 valence electrons. The maximum atomic E-state index is 12.8. The van der Waals surface area contributed by atoms with E-state index in [9.17, 15) is 19.5 Å². The molecule has 34 heavy (non-hydrogen) atoms. The number of carbonyl (C=O) groups is 3. The van der Waals surface area contributed by atoms with Crippen LogP contribution in [0.5, 0.6) is 0 Å². The van der Waals surface area contributed by atoms with E-state index < -0.39 is 17.9 Å². The Bertz CT molecular complexity index is 1190. The van der Waals surface area contributed by atoms with Crippen LogP contribution >= 0.6 is 48.0 Å². The summed E-state index contributed by atoms with van der Waals surface area (Å²) in [4.78, 5) is 40.9. The molecule has 0 aliphatic carbocycles. The van der Waals surface area contributed by atoms with Gasteiger partial charge in [-0.2, -0.15) is 0 Å². The molecule has 2 aliphatic heterocycles. The Morgan fingerprint density at radius 2 is 1.56 bits per heavy atom. The van der Waals surface area contributed by atoms with Gasteiger partial charge in [-0.05, 0) is 43.5 Å². The number of carboxylic acids is 1. The van der Waals surface area contributed by atoms with Gasteiger partial charge < -0.3 is 13.9 Å². The topological polar surface area (TPSA) is 104 Å². The third kappa shape index (κ3) is 5.35. The van der Waals surface area contributed by atoms with Gasteiger partial charge in [0.25, 0.3) is 11.8 Å². The number of thiocarbonyl (C=S) groups is 2. The van der Waals surface area contributed by atoms with Gasteiger partial charge >= 0.3 is 5.97 Å². The van der Waals surface area contributed by atoms with Crippen molar-refractivity contribution in [3.05, 3.63) is 58.1 Å². The Hall–Kier alpha value is -2.67. The van der Waals surface area contributed by atoms with Gasteiger partial charge in [0.1, 0.15) is 26.2 Å². The number of aliphatic carboxylic acids is 1. The molecule has 2 fully saturated rings. The van der Waals surface area contributed by atoms with Crippen molar-refractivity contribution in [3.8, 4) is 0 Å². The van der Waals surface area contributed by atoms with E-state index in [4.69, 9.17) is 33.3 Å². The molecule has 0 aromatic carbocycles. The number of amides is 2. The number of carbonyl (C=O) groups excluding carboxylic acids is 2. The van der Waals surface area contributed by atoms with Gasteiger partial charge in [0.05, 0.1) is 22.3 Å². The molecule has 0 bridgehead atoms. The van der Waals surface area contributed by atoms with Crippen LogP contribution in [-0.2, 0) is 14.4 Å². The smallest absolute Gasteiger partial charge is 0.326 e. The number of thioether (sulfide) groups is 2. The number of furan rings is 2. The minimum Gasteiger partial charge on any atom is -0.480 e. The normalized spacial score (nSPS) is 19.8. The Morgan fingerprint density at radius 1 is 0.971 bits per heavy atom. The number of unbranched alkanes of at least 4 members (excludes halogenated alkanes) is 1. The van der Waals surface area contributed by atoms with Crippen LogP contribution in [0.15, 0.2) is 55.4 Å². The lowest BCUT2D eigenvalue weighted by molar-refractivity contribution is -0.145. The van der Waals surface area contributed by atoms with E-state index in [1.54, 1.807) is 36.4 Å². The summed E-state index contributed by atoms with van der Waals surface area (Å²) in [5.41, 5.74) is 0. The molecule has 2 amide bonds. The first kappa shape index (κ1) is 24.5. The molecule has 2 aliphatic rings. The minimum absolute atomic E-state index is 0.187. The maximum absolute atomic E-state index is 12.8. The van der Waals surface area contributed by atoms with Crippen LogP contribution in [0.2, 0.25) is 0 Å². The first-order valence-corrected chi connectivity index (χ1v) is 12.6. The second-order valence-corrected chi connectivity index (χ2v) is 10.6. The van der Waals surface area contributed by atoms with Crippen LogP contribution < -0.4 is 0 Å². The van der Waals surface area contributed by atoms with Gasteiger partial charge in [-0.25, -0.2) is 4.79 Å². The number of carboxylic acid groups (broad SMARTS) is 1. The summed E-state index contributed by atoms with van der Waals surface area (Å²) in [6, 6.07) is 5.77. The lowest BCUT2D eigenvalue weighted by Gasteiger charge is -2.23. The fourth-order valence-electron chi connectivity index (χ4n) is 3.42. The lowest BCUT2D eigenvalue weighted by Crippen LogP contribution is -2.44. The second-order valence-electron chi connectivity index (χ2n) is 7.27. The molecule has 2 aromatic heterocycles. The first-order valence-electron chi connectivity index (χ1n) is 10.2. The number of rotatable bonds is 9. The van der Waals surface area contributed by atoms with Gasteiger partial charge in [0, 0.05) is 18.7 Å². The van der Waals surface area contributed by atoms with Crippen molar-refractivity contribution in [2.45, 2.75) is 25.3 Å². The van der Waals surface area contributed by atoms with Gasteiger partial charge in [-0.1, -0.05) is 48.0 Å². The highest BCUT2D eigenvalue weighted by Gasteiger charge is 2.40. The molecular formula is C22H18N2O6S4. The van der Waals surface area contributed by atoms with Crippen molar-refractivity contribution in [2.24, 2.45) is 0 Å². The zero-order valence-corrected chi connectivity index (χ0v) is 20.8. The Kier molecular flexibility index (Phi) is 7.71. The third-order valence-electron chi connectivity index (χ3n) is 5.04. The van der Waals surface area contributed by atoms with E-state index in [1.807, 2.05) is 0 Å². The predicted octanol–water partition coefficient (Wildman–Crippen LogP) is 4.60. The van der Waals surface area contributed by atoms with E-state index in [0.717, 1.165) is 16.7 Å². The molecule has 8 nitrogen and oxygen atoms in total. The summed E-state index contributed by atoms with van der Waals surface area (Å²) >= 11 is 12.9. The molecule has 0 unspecified atom stereocenters. The Balaban J connectivity index is 1.34. The summed E-state index contributed by atoms with van der Waals surface area (Å²) in [7, 11) is 0. The Morgan fingerprint density at radius 3 is 2.12 bits per heavy atom. The summed E-state index contributed by atoms with van der Waals surface area (Å²) in [6.45, 7) is 0.350. The zero-order valence-electron chi connectivity index (χ0n) is 17.5. The number of hydrogen-bond donors (Lipinski definition) is 1. The van der Waals surface area contributed by atoms with Crippen LogP contribution in [-0.4, -0.2) is 53.9 Å². The predicted molar refractivity (Wildman–Crippen MR) is 138 cm³/mol. The monoisotopic (exact) mass is 534 g/mol. The molecule has 0 saturated carbocycles. The molecule has 0 radical (unpaired) electrons. The molecule has 0 spiro atoms. The molecule has 2 saturated heterocycles. The molecule has 1 N–H and O–H groups in total. The Labute approximate surface area is 214 Å². The van der Waals surface area contributed by atoms with E-state index in [1.165, 1.54) is 29.2 Å².